The van der Waals surface area contributed by atoms with E-state index in [0.29, 0.717) is 36.2 Å². The fraction of sp³-hybridized carbons (Fsp3) is 0.367. The highest BCUT2D eigenvalue weighted by Crippen LogP contribution is 2.39. The topological polar surface area (TPSA) is 88.4 Å². The Kier molecular flexibility index (Phi) is 11.7. The van der Waals surface area contributed by atoms with E-state index in [1.54, 1.807) is 0 Å². The van der Waals surface area contributed by atoms with Gasteiger partial charge in [-0.05, 0) is 106 Å². The Morgan fingerprint density at radius 2 is 1.58 bits per heavy atom. The maximum Gasteiger partial charge on any atom is 0.332 e. The first-order chi connectivity index (χ1) is 27.4. The van der Waals surface area contributed by atoms with E-state index in [2.05, 4.69) is 79.0 Å². The maximum atomic E-state index is 14.7. The predicted molar refractivity (Wildman–Crippen MR) is 229 cm³/mol. The molecule has 57 heavy (non-hydrogen) atoms. The molecule has 8 nitrogen and oxygen atoms in total. The zero-order chi connectivity index (χ0) is 40.4. The summed E-state index contributed by atoms with van der Waals surface area (Å²) in [5.41, 5.74) is 8.74. The van der Waals surface area contributed by atoms with Crippen LogP contribution in [0.1, 0.15) is 104 Å². The lowest BCUT2D eigenvalue weighted by molar-refractivity contribution is -0.141. The lowest BCUT2D eigenvalue weighted by Crippen LogP contribution is -2.25. The van der Waals surface area contributed by atoms with Crippen molar-refractivity contribution in [3.63, 3.8) is 0 Å². The summed E-state index contributed by atoms with van der Waals surface area (Å²) in [6.45, 7) is 17.4. The first-order valence-electron chi connectivity index (χ1n) is 20.3. The Labute approximate surface area is 335 Å². The van der Waals surface area contributed by atoms with E-state index in [0.717, 1.165) is 91.8 Å². The minimum Gasteiger partial charge on any atom is -0.491 e. The van der Waals surface area contributed by atoms with E-state index in [1.165, 1.54) is 13.3 Å². The molecule has 1 aliphatic rings. The number of rotatable bonds is 14. The van der Waals surface area contributed by atoms with Gasteiger partial charge in [0.2, 0.25) is 0 Å². The van der Waals surface area contributed by atoms with Crippen LogP contribution in [-0.4, -0.2) is 47.1 Å². The van der Waals surface area contributed by atoms with Gasteiger partial charge in [-0.1, -0.05) is 86.3 Å². The molecule has 0 N–H and O–H groups in total. The van der Waals surface area contributed by atoms with Crippen molar-refractivity contribution in [2.45, 2.75) is 99.5 Å². The van der Waals surface area contributed by atoms with Crippen molar-refractivity contribution in [2.75, 3.05) is 13.2 Å². The summed E-state index contributed by atoms with van der Waals surface area (Å²) < 4.78 is 20.1. The third-order valence-electron chi connectivity index (χ3n) is 11.2. The third-order valence-corrected chi connectivity index (χ3v) is 11.2. The van der Waals surface area contributed by atoms with Crippen molar-refractivity contribution in [3.8, 4) is 5.75 Å². The second kappa shape index (κ2) is 16.7. The van der Waals surface area contributed by atoms with Gasteiger partial charge >= 0.3 is 5.97 Å². The van der Waals surface area contributed by atoms with Crippen molar-refractivity contribution in [2.24, 2.45) is 11.1 Å². The molecule has 0 bridgehead atoms. The Bertz CT molecular complexity index is 2470. The maximum absolute atomic E-state index is 14.7. The Hall–Kier alpha value is -5.31. The smallest absolute Gasteiger partial charge is 0.332 e. The SMILES string of the molecule is CCCCC(CC)Cn1c2ccc(C(=NOC(C)=O)c3ccc(OCC4COC(C)(C)O4)cc3)cc2c2cc(C(=O)c3c(C)cc(C)cc3C)c3ccccc3c21. The second-order valence-corrected chi connectivity index (χ2v) is 16.0. The Balaban J connectivity index is 1.38. The molecule has 0 amide bonds. The van der Waals surface area contributed by atoms with Crippen LogP contribution in [0.25, 0.3) is 32.6 Å². The van der Waals surface area contributed by atoms with Crippen LogP contribution in [-0.2, 0) is 25.7 Å². The number of hydrogen-bond acceptors (Lipinski definition) is 7. The van der Waals surface area contributed by atoms with Crippen molar-refractivity contribution < 1.29 is 28.6 Å². The number of ketones is 1. The van der Waals surface area contributed by atoms with Gasteiger partial charge in [0, 0.05) is 57.4 Å². The molecule has 7 rings (SSSR count). The zero-order valence-electron chi connectivity index (χ0n) is 34.5. The van der Waals surface area contributed by atoms with Crippen LogP contribution in [0.4, 0.5) is 0 Å². The van der Waals surface area contributed by atoms with E-state index in [4.69, 9.17) is 19.0 Å². The predicted octanol–water partition coefficient (Wildman–Crippen LogP) is 11.2. The molecular weight excluding hydrogens is 713 g/mol. The fourth-order valence-corrected chi connectivity index (χ4v) is 8.46. The number of benzene rings is 5. The molecule has 1 saturated heterocycles. The number of aryl methyl sites for hydroxylation is 3. The fourth-order valence-electron chi connectivity index (χ4n) is 8.46. The molecule has 1 aromatic heterocycles. The molecule has 2 unspecified atom stereocenters. The molecule has 1 fully saturated rings. The van der Waals surface area contributed by atoms with Crippen molar-refractivity contribution >= 4 is 50.0 Å². The van der Waals surface area contributed by atoms with Gasteiger partial charge in [0.05, 0.1) is 12.1 Å². The first-order valence-corrected chi connectivity index (χ1v) is 20.3. The van der Waals surface area contributed by atoms with Gasteiger partial charge in [0.15, 0.2) is 11.6 Å². The zero-order valence-corrected chi connectivity index (χ0v) is 34.5. The number of nitrogens with zero attached hydrogens (tertiary/aromatic N) is 2. The van der Waals surface area contributed by atoms with Crippen LogP contribution >= 0.6 is 0 Å². The summed E-state index contributed by atoms with van der Waals surface area (Å²) in [4.78, 5) is 32.2. The number of ether oxygens (including phenoxy) is 3. The van der Waals surface area contributed by atoms with Gasteiger partial charge in [0.1, 0.15) is 24.2 Å². The summed E-state index contributed by atoms with van der Waals surface area (Å²) in [5.74, 6) is 0.0470. The van der Waals surface area contributed by atoms with Crippen LogP contribution in [0, 0.1) is 26.7 Å². The van der Waals surface area contributed by atoms with Gasteiger partial charge in [-0.3, -0.25) is 4.79 Å². The summed E-state index contributed by atoms with van der Waals surface area (Å²) in [6, 6.07) is 28.5. The van der Waals surface area contributed by atoms with Gasteiger partial charge < -0.3 is 23.6 Å². The highest BCUT2D eigenvalue weighted by Gasteiger charge is 2.33. The molecule has 8 heteroatoms. The Morgan fingerprint density at radius 3 is 2.23 bits per heavy atom. The minimum absolute atomic E-state index is 0.0182. The normalized spacial score (nSPS) is 16.1. The number of carbonyl (C=O) groups excluding carboxylic acids is 2. The molecule has 2 atom stereocenters. The van der Waals surface area contributed by atoms with Gasteiger partial charge in [-0.25, -0.2) is 4.79 Å². The van der Waals surface area contributed by atoms with Crippen LogP contribution in [0.2, 0.25) is 0 Å². The monoisotopic (exact) mass is 766 g/mol. The first kappa shape index (κ1) is 39.9. The van der Waals surface area contributed by atoms with Gasteiger partial charge in [-0.2, -0.15) is 0 Å². The molecule has 296 valence electrons. The van der Waals surface area contributed by atoms with Gasteiger partial charge in [-0.15, -0.1) is 0 Å². The van der Waals surface area contributed by atoms with E-state index in [-0.39, 0.29) is 11.9 Å². The number of aromatic nitrogens is 1. The van der Waals surface area contributed by atoms with Crippen LogP contribution in [0.3, 0.4) is 0 Å². The summed E-state index contributed by atoms with van der Waals surface area (Å²) in [6.07, 6.45) is 4.38. The van der Waals surface area contributed by atoms with E-state index in [1.807, 2.05) is 64.1 Å². The lowest BCUT2D eigenvalue weighted by atomic mass is 9.89. The van der Waals surface area contributed by atoms with E-state index >= 15 is 0 Å². The third kappa shape index (κ3) is 8.39. The number of carbonyl (C=O) groups is 2. The number of oxime groups is 1. The largest absolute Gasteiger partial charge is 0.491 e. The molecule has 0 radical (unpaired) electrons. The number of hydrogen-bond donors (Lipinski definition) is 0. The second-order valence-electron chi connectivity index (χ2n) is 16.0. The molecule has 2 heterocycles. The van der Waals surface area contributed by atoms with E-state index in [9.17, 15) is 9.59 Å². The molecule has 0 spiro atoms. The molecule has 1 aliphatic heterocycles. The molecule has 6 aromatic rings. The number of unbranched alkanes of at least 4 members (excludes halogenated alkanes) is 1. The highest BCUT2D eigenvalue weighted by molar-refractivity contribution is 6.27. The standard InChI is InChI=1S/C49H54N2O6/c1-9-11-14-34(10-2)27-51-44-22-19-36(46(50-57-33(6)52)35-17-20-37(21-18-35)54-28-38-29-55-49(7,8)56-38)25-41(44)42-26-43(39-15-12-13-16-40(39)47(42)51)48(53)45-31(4)23-30(3)24-32(45)5/h12-13,15-26,34,38H,9-11,14,27-29H2,1-8H3. The average Bonchev–Trinajstić information content (AvgIpc) is 3.70. The number of fused-ring (bicyclic) bond motifs is 5. The van der Waals surface area contributed by atoms with Crippen LogP contribution in [0.5, 0.6) is 5.75 Å². The molecule has 5 aromatic carbocycles. The quantitative estimate of drug-likeness (QED) is 0.0475. The molecule has 0 saturated carbocycles. The van der Waals surface area contributed by atoms with Gasteiger partial charge in [0.25, 0.3) is 0 Å². The Morgan fingerprint density at radius 1 is 0.877 bits per heavy atom. The molecular formula is C49H54N2O6. The van der Waals surface area contributed by atoms with Crippen molar-refractivity contribution in [3.05, 3.63) is 124 Å². The van der Waals surface area contributed by atoms with Crippen molar-refractivity contribution in [1.82, 2.24) is 4.57 Å². The highest BCUT2D eigenvalue weighted by atomic mass is 16.7. The average molecular weight is 767 g/mol. The van der Waals surface area contributed by atoms with Crippen LogP contribution < -0.4 is 4.74 Å². The minimum atomic E-state index is -0.622. The molecule has 0 aliphatic carbocycles. The summed E-state index contributed by atoms with van der Waals surface area (Å²) in [7, 11) is 0. The van der Waals surface area contributed by atoms with Crippen molar-refractivity contribution in [1.29, 1.82) is 0 Å². The van der Waals surface area contributed by atoms with Crippen LogP contribution in [0.15, 0.2) is 90.1 Å². The summed E-state index contributed by atoms with van der Waals surface area (Å²) >= 11 is 0. The van der Waals surface area contributed by atoms with E-state index < -0.39 is 11.8 Å². The lowest BCUT2D eigenvalue weighted by Gasteiger charge is -2.19. The summed E-state index contributed by atoms with van der Waals surface area (Å²) in [5, 5.41) is 8.39.